The van der Waals surface area contributed by atoms with Crippen molar-refractivity contribution in [3.05, 3.63) is 12.7 Å². The molecular weight excluding hydrogens is 330 g/mol. The minimum Gasteiger partial charge on any atom is -0.444 e. The second-order valence-corrected chi connectivity index (χ2v) is 8.91. The van der Waals surface area contributed by atoms with E-state index in [9.17, 15) is 14.9 Å². The molecule has 1 N–H and O–H groups in total. The van der Waals surface area contributed by atoms with Gasteiger partial charge in [0.15, 0.2) is 0 Å². The monoisotopic (exact) mass is 359 g/mol. The largest absolute Gasteiger partial charge is 0.444 e. The summed E-state index contributed by atoms with van der Waals surface area (Å²) in [5.74, 6) is 0.281. The highest BCUT2D eigenvalue weighted by Crippen LogP contribution is 2.50. The van der Waals surface area contributed by atoms with Crippen LogP contribution in [-0.2, 0) is 9.53 Å². The van der Waals surface area contributed by atoms with E-state index in [4.69, 9.17) is 4.74 Å². The van der Waals surface area contributed by atoms with Crippen molar-refractivity contribution in [1.29, 1.82) is 5.26 Å². The maximum absolute atomic E-state index is 13.5. The molecule has 3 rings (SSSR count). The number of carbonyl (C=O) groups excluding carboxylic acids is 2. The molecular formula is C20H29N3O3. The zero-order valence-electron chi connectivity index (χ0n) is 16.0. The quantitative estimate of drug-likeness (QED) is 0.782. The van der Waals surface area contributed by atoms with Crippen LogP contribution in [0, 0.1) is 22.7 Å². The number of hydrogen-bond donors (Lipinski definition) is 1. The molecule has 4 unspecified atom stereocenters. The van der Waals surface area contributed by atoms with Crippen LogP contribution < -0.4 is 5.32 Å². The molecule has 4 atom stereocenters. The molecule has 1 aliphatic heterocycles. The van der Waals surface area contributed by atoms with Gasteiger partial charge in [-0.05, 0) is 52.4 Å². The maximum Gasteiger partial charge on any atom is 0.408 e. The number of ether oxygens (including phenoxy) is 1. The number of likely N-dealkylation sites (tertiary alicyclic amines) is 1. The van der Waals surface area contributed by atoms with E-state index in [1.165, 1.54) is 0 Å². The summed E-state index contributed by atoms with van der Waals surface area (Å²) in [6.45, 7) is 9.35. The molecule has 0 radical (unpaired) electrons. The van der Waals surface area contributed by atoms with Crippen LogP contribution >= 0.6 is 0 Å². The third kappa shape index (κ3) is 3.44. The van der Waals surface area contributed by atoms with E-state index < -0.39 is 29.2 Å². The van der Waals surface area contributed by atoms with Crippen LogP contribution in [0.25, 0.3) is 0 Å². The van der Waals surface area contributed by atoms with Gasteiger partial charge in [-0.15, -0.1) is 6.58 Å². The maximum atomic E-state index is 13.5. The van der Waals surface area contributed by atoms with Crippen LogP contribution in [0.15, 0.2) is 12.7 Å². The molecule has 1 saturated heterocycles. The fraction of sp³-hybridized carbons (Fsp3) is 0.750. The summed E-state index contributed by atoms with van der Waals surface area (Å²) in [4.78, 5) is 27.6. The highest BCUT2D eigenvalue weighted by atomic mass is 16.6. The lowest BCUT2D eigenvalue weighted by atomic mass is 9.77. The minimum atomic E-state index is -0.729. The lowest BCUT2D eigenvalue weighted by molar-refractivity contribution is -0.137. The highest BCUT2D eigenvalue weighted by molar-refractivity contribution is 5.88. The summed E-state index contributed by atoms with van der Waals surface area (Å²) in [6.07, 6.45) is 6.55. The molecule has 6 heteroatoms. The summed E-state index contributed by atoms with van der Waals surface area (Å²) in [5, 5.41) is 12.3. The van der Waals surface area contributed by atoms with Crippen LogP contribution in [0.1, 0.15) is 59.3 Å². The van der Waals surface area contributed by atoms with Gasteiger partial charge in [0.25, 0.3) is 0 Å². The molecule has 1 heterocycles. The van der Waals surface area contributed by atoms with Crippen LogP contribution in [0.5, 0.6) is 0 Å². The van der Waals surface area contributed by atoms with E-state index >= 15 is 0 Å². The van der Waals surface area contributed by atoms with E-state index in [0.717, 1.165) is 38.5 Å². The number of hydrogen-bond acceptors (Lipinski definition) is 4. The number of rotatable bonds is 4. The van der Waals surface area contributed by atoms with Gasteiger partial charge >= 0.3 is 6.09 Å². The van der Waals surface area contributed by atoms with Crippen molar-refractivity contribution in [2.75, 3.05) is 0 Å². The second-order valence-electron chi connectivity index (χ2n) is 8.91. The fourth-order valence-electron chi connectivity index (χ4n) is 4.56. The van der Waals surface area contributed by atoms with Gasteiger partial charge in [0.2, 0.25) is 5.91 Å². The molecule has 0 aromatic rings. The van der Waals surface area contributed by atoms with Crippen molar-refractivity contribution in [3.8, 4) is 6.07 Å². The Kier molecular flexibility index (Phi) is 4.76. The Morgan fingerprint density at radius 1 is 1.35 bits per heavy atom. The molecule has 0 aromatic heterocycles. The first-order chi connectivity index (χ1) is 12.2. The average molecular weight is 359 g/mol. The number of carbonyl (C=O) groups is 2. The zero-order chi connectivity index (χ0) is 19.1. The number of alkyl carbamates (subject to hydrolysis) is 1. The van der Waals surface area contributed by atoms with Gasteiger partial charge in [-0.1, -0.05) is 18.9 Å². The molecule has 142 valence electrons. The van der Waals surface area contributed by atoms with E-state index in [0.29, 0.717) is 5.92 Å². The predicted octanol–water partition coefficient (Wildman–Crippen LogP) is 3.14. The first-order valence-electron chi connectivity index (χ1n) is 9.56. The molecule has 3 aliphatic rings. The van der Waals surface area contributed by atoms with Crippen molar-refractivity contribution in [2.24, 2.45) is 11.3 Å². The smallest absolute Gasteiger partial charge is 0.408 e. The normalized spacial score (nSPS) is 30.1. The number of fused-ring (bicyclic) bond motifs is 1. The topological polar surface area (TPSA) is 82.4 Å². The van der Waals surface area contributed by atoms with Crippen LogP contribution in [0.4, 0.5) is 4.79 Å². The van der Waals surface area contributed by atoms with Crippen LogP contribution in [0.3, 0.4) is 0 Å². The number of nitriles is 1. The number of piperidine rings is 1. The lowest BCUT2D eigenvalue weighted by Gasteiger charge is -2.38. The van der Waals surface area contributed by atoms with E-state index in [2.05, 4.69) is 18.0 Å². The summed E-state index contributed by atoms with van der Waals surface area (Å²) in [6, 6.07) is 1.29. The van der Waals surface area contributed by atoms with Gasteiger partial charge in [-0.3, -0.25) is 4.79 Å². The molecule has 2 amide bonds. The van der Waals surface area contributed by atoms with Gasteiger partial charge in [-0.2, -0.15) is 5.26 Å². The molecule has 0 bridgehead atoms. The summed E-state index contributed by atoms with van der Waals surface area (Å²) < 4.78 is 5.40. The molecule has 26 heavy (non-hydrogen) atoms. The Bertz CT molecular complexity index is 640. The van der Waals surface area contributed by atoms with Gasteiger partial charge in [0, 0.05) is 11.5 Å². The first-order valence-corrected chi connectivity index (χ1v) is 9.56. The van der Waals surface area contributed by atoms with E-state index in [1.807, 2.05) is 6.08 Å². The van der Waals surface area contributed by atoms with Crippen molar-refractivity contribution >= 4 is 12.0 Å². The van der Waals surface area contributed by atoms with E-state index in [1.54, 1.807) is 25.7 Å². The van der Waals surface area contributed by atoms with E-state index in [-0.39, 0.29) is 11.9 Å². The van der Waals surface area contributed by atoms with Crippen molar-refractivity contribution < 1.29 is 14.3 Å². The van der Waals surface area contributed by atoms with Gasteiger partial charge in [-0.25, -0.2) is 4.79 Å². The summed E-state index contributed by atoms with van der Waals surface area (Å²) in [5.41, 5.74) is -1.11. The Hall–Kier alpha value is -2.03. The Balaban J connectivity index is 1.85. The van der Waals surface area contributed by atoms with Crippen LogP contribution in [0.2, 0.25) is 0 Å². The Labute approximate surface area is 155 Å². The highest BCUT2D eigenvalue weighted by Gasteiger charge is 2.57. The average Bonchev–Trinajstić information content (AvgIpc) is 3.01. The zero-order valence-corrected chi connectivity index (χ0v) is 16.0. The van der Waals surface area contributed by atoms with Crippen LogP contribution in [-0.4, -0.2) is 40.6 Å². The van der Waals surface area contributed by atoms with Gasteiger partial charge in [0.05, 0.1) is 6.07 Å². The molecule has 0 spiro atoms. The number of nitrogens with one attached hydrogen (secondary N) is 1. The van der Waals surface area contributed by atoms with Gasteiger partial charge in [0.1, 0.15) is 17.7 Å². The molecule has 2 aliphatic carbocycles. The standard InChI is InChI=1S/C20H29N3O3/c1-5-20(8-6-7-9-20)16(22-18(25)26-19(2,3)4)17(24)23-14(12-21)10-13-11-15(13)23/h5,13-16H,1,6-11H2,2-4H3,(H,22,25). The Morgan fingerprint density at radius 3 is 2.54 bits per heavy atom. The molecule has 2 saturated carbocycles. The van der Waals surface area contributed by atoms with Crippen molar-refractivity contribution in [2.45, 2.75) is 83.0 Å². The third-order valence-electron chi connectivity index (χ3n) is 5.93. The lowest BCUT2D eigenvalue weighted by Crippen LogP contribution is -2.58. The predicted molar refractivity (Wildman–Crippen MR) is 97.0 cm³/mol. The van der Waals surface area contributed by atoms with Crippen molar-refractivity contribution in [3.63, 3.8) is 0 Å². The summed E-state index contributed by atoms with van der Waals surface area (Å²) >= 11 is 0. The molecule has 3 fully saturated rings. The first kappa shape index (κ1) is 18.8. The fourth-order valence-corrected chi connectivity index (χ4v) is 4.56. The Morgan fingerprint density at radius 2 is 2.00 bits per heavy atom. The number of amides is 2. The minimum absolute atomic E-state index is 0.151. The SMILES string of the molecule is C=CC1(C(NC(=O)OC(C)(C)C)C(=O)N2C(C#N)CC3CC32)CCCC1. The van der Waals surface area contributed by atoms with Gasteiger partial charge < -0.3 is 15.0 Å². The molecule has 0 aromatic carbocycles. The second kappa shape index (κ2) is 6.61. The third-order valence-corrected chi connectivity index (χ3v) is 5.93. The number of nitrogens with zero attached hydrogens (tertiary/aromatic N) is 2. The van der Waals surface area contributed by atoms with Crippen molar-refractivity contribution in [1.82, 2.24) is 10.2 Å². The summed E-state index contributed by atoms with van der Waals surface area (Å²) in [7, 11) is 0. The molecule has 6 nitrogen and oxygen atoms in total.